The zero-order chi connectivity index (χ0) is 21.7. The average molecular weight is 432 g/mol. The van der Waals surface area contributed by atoms with Crippen molar-refractivity contribution < 1.29 is 23.1 Å². The summed E-state index contributed by atoms with van der Waals surface area (Å²) in [6.07, 6.45) is -0.963. The van der Waals surface area contributed by atoms with Crippen LogP contribution in [0.25, 0.3) is 0 Å². The van der Waals surface area contributed by atoms with E-state index in [0.29, 0.717) is 11.1 Å². The summed E-state index contributed by atoms with van der Waals surface area (Å²) < 4.78 is 24.7. The lowest BCUT2D eigenvalue weighted by Crippen LogP contribution is -2.51. The Labute approximate surface area is 175 Å². The number of rotatable bonds is 7. The Hall–Kier alpha value is -2.75. The summed E-state index contributed by atoms with van der Waals surface area (Å²) in [5, 5.41) is 12.8. The molecular weight excluding hydrogens is 406 g/mol. The summed E-state index contributed by atoms with van der Waals surface area (Å²) in [4.78, 5) is 26.4. The lowest BCUT2D eigenvalue weighted by atomic mass is 10.2. The minimum absolute atomic E-state index is 0.0697. The normalized spacial score (nSPS) is 20.0. The second kappa shape index (κ2) is 9.38. The first-order valence-electron chi connectivity index (χ1n) is 9.58. The van der Waals surface area contributed by atoms with Crippen molar-refractivity contribution in [3.63, 3.8) is 0 Å². The number of benzene rings is 2. The van der Waals surface area contributed by atoms with Crippen LogP contribution in [0.2, 0.25) is 0 Å². The highest BCUT2D eigenvalue weighted by Crippen LogP contribution is 2.15. The first kappa shape index (κ1) is 21.9. The van der Waals surface area contributed by atoms with E-state index in [1.807, 2.05) is 0 Å². The third-order valence-electron chi connectivity index (χ3n) is 4.92. The maximum atomic E-state index is 12.5. The van der Waals surface area contributed by atoms with E-state index in [1.54, 1.807) is 60.7 Å². The van der Waals surface area contributed by atoms with Crippen molar-refractivity contribution in [2.45, 2.75) is 23.9 Å². The van der Waals surface area contributed by atoms with E-state index in [-0.39, 0.29) is 24.7 Å². The molecule has 1 aliphatic rings. The Morgan fingerprint density at radius 3 is 2.30 bits per heavy atom. The number of nitrogens with two attached hydrogens (primary N) is 1. The number of hydrogen-bond acceptors (Lipinski definition) is 6. The maximum Gasteiger partial charge on any atom is 0.254 e. The van der Waals surface area contributed by atoms with Crippen LogP contribution in [0.3, 0.4) is 0 Å². The molecule has 2 aromatic rings. The van der Waals surface area contributed by atoms with Gasteiger partial charge in [0, 0.05) is 18.7 Å². The number of likely N-dealkylation sites (tertiary alicyclic amines) is 1. The molecule has 3 atom stereocenters. The van der Waals surface area contributed by atoms with E-state index in [0.717, 1.165) is 0 Å². The first-order chi connectivity index (χ1) is 14.2. The second-order valence-corrected chi connectivity index (χ2v) is 9.51. The van der Waals surface area contributed by atoms with Crippen LogP contribution in [0.5, 0.6) is 0 Å². The molecule has 8 nitrogen and oxygen atoms in total. The zero-order valence-electron chi connectivity index (χ0n) is 16.3. The number of nitrogens with one attached hydrogen (secondary N) is 1. The minimum Gasteiger partial charge on any atom is -0.389 e. The minimum atomic E-state index is -3.60. The van der Waals surface area contributed by atoms with Crippen molar-refractivity contribution in [2.24, 2.45) is 5.73 Å². The topological polar surface area (TPSA) is 130 Å². The van der Waals surface area contributed by atoms with Crippen LogP contribution in [-0.4, -0.2) is 67.3 Å². The lowest BCUT2D eigenvalue weighted by Gasteiger charge is -2.19. The van der Waals surface area contributed by atoms with Crippen molar-refractivity contribution in [3.8, 4) is 0 Å². The average Bonchev–Trinajstić information content (AvgIpc) is 3.08. The summed E-state index contributed by atoms with van der Waals surface area (Å²) in [6, 6.07) is 15.3. The summed E-state index contributed by atoms with van der Waals surface area (Å²) in [5.74, 6) is -1.64. The standard InChI is InChI=1S/C21H25N3O5S/c22-17(14-30(28,29)13-15-7-3-1-4-8-15)20(26)23-18-11-24(12-19(18)25)21(27)16-9-5-2-6-10-16/h1-10,17-19,25H,11-14,22H2,(H,23,26). The van der Waals surface area contributed by atoms with Gasteiger partial charge in [0.2, 0.25) is 5.91 Å². The van der Waals surface area contributed by atoms with E-state index >= 15 is 0 Å². The van der Waals surface area contributed by atoms with Gasteiger partial charge in [-0.2, -0.15) is 0 Å². The van der Waals surface area contributed by atoms with Crippen LogP contribution < -0.4 is 11.1 Å². The molecular formula is C21H25N3O5S. The molecule has 9 heteroatoms. The van der Waals surface area contributed by atoms with Crippen LogP contribution in [0.15, 0.2) is 60.7 Å². The monoisotopic (exact) mass is 431 g/mol. The molecule has 1 saturated heterocycles. The van der Waals surface area contributed by atoms with Crippen molar-refractivity contribution in [1.82, 2.24) is 10.2 Å². The first-order valence-corrected chi connectivity index (χ1v) is 11.4. The molecule has 1 heterocycles. The van der Waals surface area contributed by atoms with Gasteiger partial charge >= 0.3 is 0 Å². The van der Waals surface area contributed by atoms with Crippen LogP contribution in [0.1, 0.15) is 15.9 Å². The number of nitrogens with zero attached hydrogens (tertiary/aromatic N) is 1. The number of amides is 2. The molecule has 3 rings (SSSR count). The molecule has 0 spiro atoms. The third kappa shape index (κ3) is 5.65. The maximum absolute atomic E-state index is 12.5. The van der Waals surface area contributed by atoms with Crippen molar-refractivity contribution in [1.29, 1.82) is 0 Å². The van der Waals surface area contributed by atoms with Gasteiger partial charge in [-0.05, 0) is 17.7 Å². The van der Waals surface area contributed by atoms with Crippen LogP contribution in [0, 0.1) is 0 Å². The van der Waals surface area contributed by atoms with Crippen LogP contribution in [-0.2, 0) is 20.4 Å². The van der Waals surface area contributed by atoms with Gasteiger partial charge in [-0.1, -0.05) is 48.5 Å². The Balaban J connectivity index is 1.55. The molecule has 0 aromatic heterocycles. The Morgan fingerprint density at radius 1 is 1.07 bits per heavy atom. The molecule has 3 unspecified atom stereocenters. The molecule has 0 bridgehead atoms. The fourth-order valence-corrected chi connectivity index (χ4v) is 4.90. The van der Waals surface area contributed by atoms with E-state index in [4.69, 9.17) is 5.73 Å². The summed E-state index contributed by atoms with van der Waals surface area (Å²) >= 11 is 0. The van der Waals surface area contributed by atoms with Crippen molar-refractivity contribution >= 4 is 21.7 Å². The summed E-state index contributed by atoms with van der Waals surface area (Å²) in [5.41, 5.74) is 6.92. The van der Waals surface area contributed by atoms with Gasteiger partial charge in [0.25, 0.3) is 5.91 Å². The van der Waals surface area contributed by atoms with Gasteiger partial charge < -0.3 is 21.1 Å². The molecule has 160 valence electrons. The molecule has 0 aliphatic carbocycles. The number of carbonyl (C=O) groups excluding carboxylic acids is 2. The van der Waals surface area contributed by atoms with Gasteiger partial charge in [-0.3, -0.25) is 9.59 Å². The fraction of sp³-hybridized carbons (Fsp3) is 0.333. The number of aliphatic hydroxyl groups excluding tert-OH is 1. The molecule has 30 heavy (non-hydrogen) atoms. The predicted octanol–water partition coefficient (Wildman–Crippen LogP) is -0.0696. The van der Waals surface area contributed by atoms with E-state index < -0.39 is 39.7 Å². The van der Waals surface area contributed by atoms with Gasteiger partial charge in [0.15, 0.2) is 9.84 Å². The van der Waals surface area contributed by atoms with Crippen molar-refractivity contribution in [2.75, 3.05) is 18.8 Å². The molecule has 2 aromatic carbocycles. The Kier molecular flexibility index (Phi) is 6.86. The van der Waals surface area contributed by atoms with Gasteiger partial charge in [-0.15, -0.1) is 0 Å². The lowest BCUT2D eigenvalue weighted by molar-refractivity contribution is -0.123. The highest BCUT2D eigenvalue weighted by molar-refractivity contribution is 7.90. The molecule has 4 N–H and O–H groups in total. The van der Waals surface area contributed by atoms with E-state index in [1.165, 1.54) is 4.90 Å². The zero-order valence-corrected chi connectivity index (χ0v) is 17.2. The van der Waals surface area contributed by atoms with Gasteiger partial charge in [-0.25, -0.2) is 8.42 Å². The van der Waals surface area contributed by atoms with Crippen LogP contribution >= 0.6 is 0 Å². The smallest absolute Gasteiger partial charge is 0.254 e. The predicted molar refractivity (Wildman–Crippen MR) is 112 cm³/mol. The van der Waals surface area contributed by atoms with Crippen molar-refractivity contribution in [3.05, 3.63) is 71.8 Å². The largest absolute Gasteiger partial charge is 0.389 e. The number of sulfone groups is 1. The highest BCUT2D eigenvalue weighted by Gasteiger charge is 2.36. The van der Waals surface area contributed by atoms with Gasteiger partial charge in [0.1, 0.15) is 0 Å². The number of aliphatic hydroxyl groups is 1. The SMILES string of the molecule is NC(CS(=O)(=O)Cc1ccccc1)C(=O)NC1CN(C(=O)c2ccccc2)CC1O. The molecule has 1 aliphatic heterocycles. The quantitative estimate of drug-likeness (QED) is 0.563. The molecule has 0 saturated carbocycles. The highest BCUT2D eigenvalue weighted by atomic mass is 32.2. The number of β-amino-alcohol motifs (C(OH)–C–C–N with tert-alkyl or cyclic N) is 1. The van der Waals surface area contributed by atoms with Gasteiger partial charge in [0.05, 0.1) is 29.7 Å². The summed E-state index contributed by atoms with van der Waals surface area (Å²) in [6.45, 7) is 0.185. The second-order valence-electron chi connectivity index (χ2n) is 7.41. The van der Waals surface area contributed by atoms with Crippen LogP contribution in [0.4, 0.5) is 0 Å². The Bertz CT molecular complexity index is 982. The number of hydrogen-bond donors (Lipinski definition) is 3. The molecule has 1 fully saturated rings. The Morgan fingerprint density at radius 2 is 1.67 bits per heavy atom. The third-order valence-corrected chi connectivity index (χ3v) is 6.56. The van der Waals surface area contributed by atoms with E-state index in [9.17, 15) is 23.1 Å². The fourth-order valence-electron chi connectivity index (χ4n) is 3.38. The van der Waals surface area contributed by atoms with E-state index in [2.05, 4.69) is 5.32 Å². The molecule has 0 radical (unpaired) electrons. The summed E-state index contributed by atoms with van der Waals surface area (Å²) in [7, 11) is -3.60. The molecule has 2 amide bonds. The number of carbonyl (C=O) groups is 2.